The van der Waals surface area contributed by atoms with Crippen LogP contribution in [0.1, 0.15) is 77.0 Å². The van der Waals surface area contributed by atoms with Crippen LogP contribution >= 0.6 is 0 Å². The van der Waals surface area contributed by atoms with Crippen molar-refractivity contribution in [2.45, 2.75) is 77.3 Å². The van der Waals surface area contributed by atoms with E-state index in [1.54, 1.807) is 23.4 Å². The molecule has 6 heteroatoms. The molecule has 1 aromatic heterocycles. The number of anilines is 1. The highest BCUT2D eigenvalue weighted by atomic mass is 16.2. The maximum atomic E-state index is 13.6. The smallest absolute Gasteiger partial charge is 0.247 e. The van der Waals surface area contributed by atoms with Gasteiger partial charge in [0.25, 0.3) is 0 Å². The van der Waals surface area contributed by atoms with Crippen LogP contribution in [0.25, 0.3) is 0 Å². The summed E-state index contributed by atoms with van der Waals surface area (Å²) < 4.78 is 0. The van der Waals surface area contributed by atoms with Crippen LogP contribution in [0.5, 0.6) is 0 Å². The molecule has 1 aliphatic rings. The average molecular weight is 450 g/mol. The van der Waals surface area contributed by atoms with Gasteiger partial charge in [0, 0.05) is 36.6 Å². The zero-order valence-corrected chi connectivity index (χ0v) is 20.1. The maximum Gasteiger partial charge on any atom is 0.247 e. The number of rotatable bonds is 8. The second-order valence-electron chi connectivity index (χ2n) is 9.94. The summed E-state index contributed by atoms with van der Waals surface area (Å²) in [4.78, 5) is 44.0. The summed E-state index contributed by atoms with van der Waals surface area (Å²) in [5.74, 6) is -1.23. The van der Waals surface area contributed by atoms with Crippen LogP contribution in [0.4, 0.5) is 5.69 Å². The highest BCUT2D eigenvalue weighted by Crippen LogP contribution is 2.31. The number of amides is 1. The zero-order chi connectivity index (χ0) is 24.0. The number of pyridine rings is 1. The Morgan fingerprint density at radius 2 is 1.73 bits per heavy atom. The normalized spacial score (nSPS) is 15.5. The third kappa shape index (κ3) is 6.50. The Labute approximate surface area is 196 Å². The summed E-state index contributed by atoms with van der Waals surface area (Å²) in [6.45, 7) is 7.49. The van der Waals surface area contributed by atoms with Crippen molar-refractivity contribution < 1.29 is 14.4 Å². The zero-order valence-electron chi connectivity index (χ0n) is 20.1. The minimum absolute atomic E-state index is 0.0281. The van der Waals surface area contributed by atoms with Gasteiger partial charge in [-0.05, 0) is 42.0 Å². The lowest BCUT2D eigenvalue weighted by Crippen LogP contribution is -2.47. The molecule has 0 saturated heterocycles. The largest absolute Gasteiger partial charge is 0.351 e. The first-order valence-electron chi connectivity index (χ1n) is 11.8. The summed E-state index contributed by atoms with van der Waals surface area (Å²) in [6.07, 6.45) is 8.61. The molecule has 1 atom stereocenters. The van der Waals surface area contributed by atoms with Gasteiger partial charge >= 0.3 is 0 Å². The van der Waals surface area contributed by atoms with E-state index in [0.717, 1.165) is 31.2 Å². The number of ketones is 2. The van der Waals surface area contributed by atoms with E-state index in [-0.39, 0.29) is 23.9 Å². The first-order valence-corrected chi connectivity index (χ1v) is 11.8. The molecule has 176 valence electrons. The average Bonchev–Trinajstić information content (AvgIpc) is 2.79. The Balaban J connectivity index is 2.01. The van der Waals surface area contributed by atoms with Crippen molar-refractivity contribution in [2.75, 3.05) is 11.4 Å². The lowest BCUT2D eigenvalue weighted by Gasteiger charge is -2.34. The molecule has 33 heavy (non-hydrogen) atoms. The number of hydrogen-bond acceptors (Lipinski definition) is 5. The quantitative estimate of drug-likeness (QED) is 0.599. The van der Waals surface area contributed by atoms with Crippen molar-refractivity contribution in [1.82, 2.24) is 10.3 Å². The van der Waals surface area contributed by atoms with Gasteiger partial charge in [0.05, 0.1) is 6.54 Å². The third-order valence-corrected chi connectivity index (χ3v) is 6.28. The summed E-state index contributed by atoms with van der Waals surface area (Å²) in [6, 6.07) is 10.8. The molecule has 1 amide bonds. The first-order chi connectivity index (χ1) is 15.7. The van der Waals surface area contributed by atoms with E-state index < -0.39 is 17.6 Å². The molecule has 1 aliphatic carbocycles. The van der Waals surface area contributed by atoms with Gasteiger partial charge in [-0.25, -0.2) is 0 Å². The fourth-order valence-corrected chi connectivity index (χ4v) is 4.29. The number of hydrogen-bond donors (Lipinski definition) is 1. The molecule has 0 radical (unpaired) electrons. The van der Waals surface area contributed by atoms with Gasteiger partial charge in [-0.3, -0.25) is 19.4 Å². The molecule has 1 N–H and O–H groups in total. The number of carbonyl (C=O) groups is 3. The van der Waals surface area contributed by atoms with Gasteiger partial charge in [-0.1, -0.05) is 58.2 Å². The van der Waals surface area contributed by atoms with Crippen molar-refractivity contribution in [2.24, 2.45) is 0 Å². The van der Waals surface area contributed by atoms with Gasteiger partial charge in [0.1, 0.15) is 6.04 Å². The van der Waals surface area contributed by atoms with Crippen LogP contribution in [0.15, 0.2) is 48.8 Å². The van der Waals surface area contributed by atoms with Gasteiger partial charge in [0.15, 0.2) is 5.78 Å². The van der Waals surface area contributed by atoms with Crippen LogP contribution in [-0.2, 0) is 19.8 Å². The molecule has 2 aromatic rings. The number of nitrogens with one attached hydrogen (secondary N) is 1. The van der Waals surface area contributed by atoms with E-state index in [9.17, 15) is 14.4 Å². The minimum Gasteiger partial charge on any atom is -0.351 e. The topological polar surface area (TPSA) is 79.4 Å². The van der Waals surface area contributed by atoms with E-state index in [0.29, 0.717) is 11.3 Å². The fourth-order valence-electron chi connectivity index (χ4n) is 4.29. The van der Waals surface area contributed by atoms with Gasteiger partial charge in [0.2, 0.25) is 11.7 Å². The maximum absolute atomic E-state index is 13.6. The lowest BCUT2D eigenvalue weighted by atomic mass is 9.87. The van der Waals surface area contributed by atoms with Crippen LogP contribution in [-0.4, -0.2) is 35.0 Å². The van der Waals surface area contributed by atoms with Crippen LogP contribution in [0.3, 0.4) is 0 Å². The number of nitrogens with zero attached hydrogens (tertiary/aromatic N) is 2. The Morgan fingerprint density at radius 3 is 2.27 bits per heavy atom. The van der Waals surface area contributed by atoms with E-state index in [1.807, 2.05) is 30.3 Å². The highest BCUT2D eigenvalue weighted by Gasteiger charge is 2.32. The number of benzene rings is 1. The Bertz CT molecular complexity index is 958. The Kier molecular flexibility index (Phi) is 8.01. The van der Waals surface area contributed by atoms with E-state index in [2.05, 4.69) is 31.1 Å². The molecule has 1 aromatic carbocycles. The second kappa shape index (κ2) is 10.7. The van der Waals surface area contributed by atoms with Crippen molar-refractivity contribution in [3.8, 4) is 0 Å². The fraction of sp³-hybridized carbons (Fsp3) is 0.481. The molecule has 0 bridgehead atoms. The van der Waals surface area contributed by atoms with Crippen molar-refractivity contribution in [3.63, 3.8) is 0 Å². The molecular formula is C27H35N3O3. The van der Waals surface area contributed by atoms with Gasteiger partial charge in [-0.15, -0.1) is 0 Å². The molecular weight excluding hydrogens is 414 g/mol. The molecule has 3 rings (SSSR count). The number of aromatic nitrogens is 1. The second-order valence-corrected chi connectivity index (χ2v) is 9.94. The molecule has 6 nitrogen and oxygen atoms in total. The van der Waals surface area contributed by atoms with Gasteiger partial charge in [-0.2, -0.15) is 0 Å². The Hall–Kier alpha value is -3.02. The predicted octanol–water partition coefficient (Wildman–Crippen LogP) is 4.53. The van der Waals surface area contributed by atoms with Crippen molar-refractivity contribution in [1.29, 1.82) is 0 Å². The molecule has 1 fully saturated rings. The van der Waals surface area contributed by atoms with E-state index in [4.69, 9.17) is 0 Å². The van der Waals surface area contributed by atoms with Crippen LogP contribution in [0, 0.1) is 0 Å². The van der Waals surface area contributed by atoms with Crippen LogP contribution in [0.2, 0.25) is 0 Å². The number of Topliss-reactive ketones (excluding diaryl/α,β-unsaturated/α-hetero) is 2. The van der Waals surface area contributed by atoms with Crippen LogP contribution < -0.4 is 10.2 Å². The monoisotopic (exact) mass is 449 g/mol. The van der Waals surface area contributed by atoms with Gasteiger partial charge < -0.3 is 10.2 Å². The standard InChI is InChI=1S/C27H35N3O3/c1-19(31)24(32)18-30(23-14-12-21(13-15-23)27(2,3)4)25(20-9-8-16-28-17-20)26(33)29-22-10-6-5-7-11-22/h8-9,12-17,22,25H,5-7,10-11,18H2,1-4H3,(H,29,33)/t25-/m1/s1. The minimum atomic E-state index is -0.774. The third-order valence-electron chi connectivity index (χ3n) is 6.28. The molecule has 0 unspecified atom stereocenters. The molecule has 0 aliphatic heterocycles. The van der Waals surface area contributed by atoms with E-state index in [1.165, 1.54) is 13.3 Å². The van der Waals surface area contributed by atoms with Crippen molar-refractivity contribution in [3.05, 3.63) is 59.9 Å². The van der Waals surface area contributed by atoms with E-state index >= 15 is 0 Å². The molecule has 0 spiro atoms. The summed E-state index contributed by atoms with van der Waals surface area (Å²) >= 11 is 0. The summed E-state index contributed by atoms with van der Waals surface area (Å²) in [5, 5.41) is 3.20. The lowest BCUT2D eigenvalue weighted by molar-refractivity contribution is -0.134. The van der Waals surface area contributed by atoms with Crippen molar-refractivity contribution >= 4 is 23.2 Å². The summed E-state index contributed by atoms with van der Waals surface area (Å²) in [7, 11) is 0. The predicted molar refractivity (Wildman–Crippen MR) is 130 cm³/mol. The number of carbonyl (C=O) groups excluding carboxylic acids is 3. The summed E-state index contributed by atoms with van der Waals surface area (Å²) in [5.41, 5.74) is 2.51. The molecule has 1 saturated carbocycles. The molecule has 1 heterocycles. The first kappa shape index (κ1) is 24.6. The SMILES string of the molecule is CC(=O)C(=O)CN(c1ccc(C(C)(C)C)cc1)[C@@H](C(=O)NC1CCCCC1)c1cccnc1. The Morgan fingerprint density at radius 1 is 1.06 bits per heavy atom. The highest BCUT2D eigenvalue weighted by molar-refractivity contribution is 6.37.